The highest BCUT2D eigenvalue weighted by atomic mass is 19.2. The van der Waals surface area contributed by atoms with E-state index in [-0.39, 0.29) is 24.0 Å². The molecule has 3 aliphatic rings. The quantitative estimate of drug-likeness (QED) is 0.800. The van der Waals surface area contributed by atoms with Crippen LogP contribution in [0, 0.1) is 11.6 Å². The summed E-state index contributed by atoms with van der Waals surface area (Å²) in [5, 5.41) is 0. The average Bonchev–Trinajstić information content (AvgIpc) is 3.33. The second-order valence-electron chi connectivity index (χ2n) is 7.46. The molecule has 2 aromatic rings. The lowest BCUT2D eigenvalue weighted by Crippen LogP contribution is -2.48. The van der Waals surface area contributed by atoms with Crippen LogP contribution in [0.15, 0.2) is 48.5 Å². The van der Waals surface area contributed by atoms with Gasteiger partial charge in [0, 0.05) is 18.5 Å². The molecule has 2 amide bonds. The van der Waals surface area contributed by atoms with Gasteiger partial charge in [-0.05, 0) is 23.8 Å². The number of benzene rings is 2. The van der Waals surface area contributed by atoms with Crippen LogP contribution in [-0.4, -0.2) is 46.5 Å². The third-order valence-corrected chi connectivity index (χ3v) is 6.03. The van der Waals surface area contributed by atoms with Crippen LogP contribution in [0.1, 0.15) is 34.9 Å². The number of ether oxygens (including phenoxy) is 1. The SMILES string of the molecule is O=C(c1ccc(F)c(F)c1)N1CC[C@@]23O[C@@H](c4ccccc4)CN2C(=O)C[C@@H]13. The van der Waals surface area contributed by atoms with Gasteiger partial charge < -0.3 is 14.5 Å². The first-order valence-electron chi connectivity index (χ1n) is 9.29. The molecule has 2 aromatic carbocycles. The molecule has 3 heterocycles. The van der Waals surface area contributed by atoms with Gasteiger partial charge in [-0.15, -0.1) is 0 Å². The van der Waals surface area contributed by atoms with Gasteiger partial charge in [-0.2, -0.15) is 0 Å². The van der Waals surface area contributed by atoms with Crippen molar-refractivity contribution in [1.29, 1.82) is 0 Å². The van der Waals surface area contributed by atoms with Crippen molar-refractivity contribution >= 4 is 11.8 Å². The lowest BCUT2D eigenvalue weighted by Gasteiger charge is -2.32. The highest BCUT2D eigenvalue weighted by molar-refractivity contribution is 5.96. The van der Waals surface area contributed by atoms with E-state index in [2.05, 4.69) is 0 Å². The Bertz CT molecular complexity index is 967. The fourth-order valence-corrected chi connectivity index (χ4v) is 4.70. The molecule has 0 bridgehead atoms. The molecule has 0 saturated carbocycles. The number of carbonyl (C=O) groups is 2. The molecule has 0 N–H and O–H groups in total. The summed E-state index contributed by atoms with van der Waals surface area (Å²) < 4.78 is 33.2. The summed E-state index contributed by atoms with van der Waals surface area (Å²) in [4.78, 5) is 28.9. The highest BCUT2D eigenvalue weighted by Crippen LogP contribution is 2.50. The molecule has 0 aliphatic carbocycles. The lowest BCUT2D eigenvalue weighted by atomic mass is 10.1. The van der Waals surface area contributed by atoms with E-state index in [0.29, 0.717) is 19.5 Å². The van der Waals surface area contributed by atoms with Gasteiger partial charge in [-0.3, -0.25) is 9.59 Å². The van der Waals surface area contributed by atoms with E-state index < -0.39 is 29.3 Å². The Kier molecular flexibility index (Phi) is 3.77. The Balaban J connectivity index is 1.44. The summed E-state index contributed by atoms with van der Waals surface area (Å²) in [7, 11) is 0. The second kappa shape index (κ2) is 6.10. The van der Waals surface area contributed by atoms with Gasteiger partial charge in [0.1, 0.15) is 6.10 Å². The molecule has 1 spiro atoms. The van der Waals surface area contributed by atoms with E-state index in [1.165, 1.54) is 6.07 Å². The molecule has 0 radical (unpaired) electrons. The Hall–Kier alpha value is -2.80. The van der Waals surface area contributed by atoms with E-state index in [0.717, 1.165) is 17.7 Å². The van der Waals surface area contributed by atoms with Crippen molar-refractivity contribution in [2.45, 2.75) is 30.7 Å². The molecule has 7 heteroatoms. The number of nitrogens with zero attached hydrogens (tertiary/aromatic N) is 2. The van der Waals surface area contributed by atoms with E-state index in [9.17, 15) is 18.4 Å². The summed E-state index contributed by atoms with van der Waals surface area (Å²) in [6.07, 6.45) is 0.435. The fourth-order valence-electron chi connectivity index (χ4n) is 4.70. The second-order valence-corrected chi connectivity index (χ2v) is 7.46. The predicted molar refractivity (Wildman–Crippen MR) is 95.1 cm³/mol. The number of amides is 2. The maximum Gasteiger partial charge on any atom is 0.254 e. The topological polar surface area (TPSA) is 49.9 Å². The van der Waals surface area contributed by atoms with Crippen LogP contribution < -0.4 is 0 Å². The normalized spacial score (nSPS) is 28.6. The molecule has 144 valence electrons. The number of likely N-dealkylation sites (tertiary alicyclic amines) is 1. The lowest BCUT2D eigenvalue weighted by molar-refractivity contribution is -0.138. The van der Waals surface area contributed by atoms with Gasteiger partial charge in [-0.25, -0.2) is 8.78 Å². The first-order chi connectivity index (χ1) is 13.5. The van der Waals surface area contributed by atoms with Gasteiger partial charge in [0.25, 0.3) is 5.91 Å². The van der Waals surface area contributed by atoms with Crippen molar-refractivity contribution in [3.63, 3.8) is 0 Å². The van der Waals surface area contributed by atoms with Crippen LogP contribution in [0.5, 0.6) is 0 Å². The number of hydrogen-bond acceptors (Lipinski definition) is 3. The summed E-state index contributed by atoms with van der Waals surface area (Å²) in [6.45, 7) is 0.848. The van der Waals surface area contributed by atoms with Gasteiger partial charge in [0.15, 0.2) is 17.4 Å². The summed E-state index contributed by atoms with van der Waals surface area (Å²) in [5.74, 6) is -2.53. The molecule has 0 aromatic heterocycles. The van der Waals surface area contributed by atoms with Crippen LogP contribution in [0.3, 0.4) is 0 Å². The van der Waals surface area contributed by atoms with Crippen LogP contribution in [0.25, 0.3) is 0 Å². The third-order valence-electron chi connectivity index (χ3n) is 6.03. The first kappa shape index (κ1) is 17.3. The van der Waals surface area contributed by atoms with Crippen LogP contribution in [0.4, 0.5) is 8.78 Å². The molecule has 3 atom stereocenters. The van der Waals surface area contributed by atoms with Crippen LogP contribution in [-0.2, 0) is 9.53 Å². The Labute approximate surface area is 160 Å². The zero-order chi connectivity index (χ0) is 19.5. The summed E-state index contributed by atoms with van der Waals surface area (Å²) in [5.41, 5.74) is 0.217. The number of rotatable bonds is 2. The van der Waals surface area contributed by atoms with Gasteiger partial charge in [0.2, 0.25) is 5.91 Å². The molecule has 3 aliphatic heterocycles. The Morgan fingerprint density at radius 3 is 2.64 bits per heavy atom. The minimum atomic E-state index is -1.06. The zero-order valence-electron chi connectivity index (χ0n) is 15.0. The maximum absolute atomic E-state index is 13.6. The van der Waals surface area contributed by atoms with Gasteiger partial charge in [-0.1, -0.05) is 30.3 Å². The van der Waals surface area contributed by atoms with E-state index in [4.69, 9.17) is 4.74 Å². The largest absolute Gasteiger partial charge is 0.343 e. The minimum Gasteiger partial charge on any atom is -0.343 e. The smallest absolute Gasteiger partial charge is 0.254 e. The first-order valence-corrected chi connectivity index (χ1v) is 9.29. The van der Waals surface area contributed by atoms with E-state index in [1.807, 2.05) is 30.3 Å². The molecule has 28 heavy (non-hydrogen) atoms. The van der Waals surface area contributed by atoms with Gasteiger partial charge in [0.05, 0.1) is 19.0 Å². The van der Waals surface area contributed by atoms with E-state index in [1.54, 1.807) is 9.80 Å². The molecule has 5 rings (SSSR count). The molecule has 3 fully saturated rings. The minimum absolute atomic E-state index is 0.0498. The van der Waals surface area contributed by atoms with Crippen molar-refractivity contribution in [1.82, 2.24) is 9.80 Å². The van der Waals surface area contributed by atoms with Crippen LogP contribution in [0.2, 0.25) is 0 Å². The summed E-state index contributed by atoms with van der Waals surface area (Å²) in [6, 6.07) is 12.4. The predicted octanol–water partition coefficient (Wildman–Crippen LogP) is 2.88. The van der Waals surface area contributed by atoms with Gasteiger partial charge >= 0.3 is 0 Å². The molecule has 3 saturated heterocycles. The van der Waals surface area contributed by atoms with Crippen molar-refractivity contribution in [3.05, 3.63) is 71.3 Å². The molecule has 5 nitrogen and oxygen atoms in total. The maximum atomic E-state index is 13.6. The fraction of sp³-hybridized carbons (Fsp3) is 0.333. The monoisotopic (exact) mass is 384 g/mol. The van der Waals surface area contributed by atoms with Crippen molar-refractivity contribution < 1.29 is 23.1 Å². The number of halogens is 2. The zero-order valence-corrected chi connectivity index (χ0v) is 15.0. The third kappa shape index (κ3) is 2.39. The average molecular weight is 384 g/mol. The molecular weight excluding hydrogens is 366 g/mol. The summed E-state index contributed by atoms with van der Waals surface area (Å²) >= 11 is 0. The van der Waals surface area contributed by atoms with Crippen molar-refractivity contribution in [2.75, 3.05) is 13.1 Å². The molecular formula is C21H18F2N2O3. The van der Waals surface area contributed by atoms with Crippen molar-refractivity contribution in [2.24, 2.45) is 0 Å². The van der Waals surface area contributed by atoms with Crippen LogP contribution >= 0.6 is 0 Å². The standard InChI is InChI=1S/C21H18F2N2O3/c22-15-7-6-14(10-16(15)23)20(27)24-9-8-21-18(24)11-19(26)25(21)12-17(28-21)13-4-2-1-3-5-13/h1-7,10,17-18H,8-9,11-12H2/t17-,18-,21+/m1/s1. The highest BCUT2D eigenvalue weighted by Gasteiger charge is 2.65. The van der Waals surface area contributed by atoms with Crippen molar-refractivity contribution in [3.8, 4) is 0 Å². The molecule has 0 unspecified atom stereocenters. The number of carbonyl (C=O) groups excluding carboxylic acids is 2. The Morgan fingerprint density at radius 1 is 1.11 bits per heavy atom. The number of hydrogen-bond donors (Lipinski definition) is 0. The Morgan fingerprint density at radius 2 is 1.89 bits per heavy atom. The van der Waals surface area contributed by atoms with E-state index >= 15 is 0 Å².